The highest BCUT2D eigenvalue weighted by Crippen LogP contribution is 2.27. The number of anilines is 2. The summed E-state index contributed by atoms with van der Waals surface area (Å²) in [6.07, 6.45) is 0. The molecule has 0 unspecified atom stereocenters. The molecule has 6 heteroatoms. The zero-order chi connectivity index (χ0) is 11.5. The second-order valence-corrected chi connectivity index (χ2v) is 4.65. The Labute approximate surface area is 105 Å². The minimum atomic E-state index is 0.565. The van der Waals surface area contributed by atoms with Crippen molar-refractivity contribution < 1.29 is 0 Å². The topological polar surface area (TPSA) is 61.6 Å². The fraction of sp³-hybridized carbons (Fsp3) is 0.100. The zero-order valence-electron chi connectivity index (χ0n) is 8.36. The van der Waals surface area contributed by atoms with Crippen LogP contribution in [0.5, 0.6) is 0 Å². The molecule has 0 spiro atoms. The lowest BCUT2D eigenvalue weighted by molar-refractivity contribution is 1.17. The van der Waals surface area contributed by atoms with Crippen LogP contribution in [0.1, 0.15) is 11.4 Å². The van der Waals surface area contributed by atoms with E-state index in [0.717, 1.165) is 16.0 Å². The molecule has 0 aliphatic rings. The first kappa shape index (κ1) is 11.0. The summed E-state index contributed by atoms with van der Waals surface area (Å²) in [7, 11) is 0. The van der Waals surface area contributed by atoms with Gasteiger partial charge in [-0.2, -0.15) is 9.64 Å². The van der Waals surface area contributed by atoms with Crippen LogP contribution in [0.3, 0.4) is 0 Å². The van der Waals surface area contributed by atoms with E-state index in [-0.39, 0.29) is 0 Å². The number of nitriles is 1. The van der Waals surface area contributed by atoms with Gasteiger partial charge in [0.15, 0.2) is 0 Å². The van der Waals surface area contributed by atoms with Crippen LogP contribution in [-0.4, -0.2) is 9.36 Å². The van der Waals surface area contributed by atoms with Gasteiger partial charge in [-0.3, -0.25) is 0 Å². The molecule has 0 radical (unpaired) electrons. The van der Waals surface area contributed by atoms with E-state index in [1.165, 1.54) is 11.5 Å². The number of hydrogen-bond donors (Lipinski definition) is 1. The summed E-state index contributed by atoms with van der Waals surface area (Å²) in [5.41, 5.74) is 1.29. The van der Waals surface area contributed by atoms with E-state index in [1.807, 2.05) is 25.1 Å². The first-order valence-electron chi connectivity index (χ1n) is 4.46. The lowest BCUT2D eigenvalue weighted by atomic mass is 10.2. The number of halogens is 1. The summed E-state index contributed by atoms with van der Waals surface area (Å²) in [6.45, 7) is 1.83. The Morgan fingerprint density at radius 1 is 1.50 bits per heavy atom. The van der Waals surface area contributed by atoms with Crippen molar-refractivity contribution in [3.05, 3.63) is 34.1 Å². The Balaban J connectivity index is 2.35. The van der Waals surface area contributed by atoms with Crippen molar-refractivity contribution in [2.24, 2.45) is 0 Å². The zero-order valence-corrected chi connectivity index (χ0v) is 10.8. The van der Waals surface area contributed by atoms with E-state index in [4.69, 9.17) is 5.26 Å². The van der Waals surface area contributed by atoms with E-state index >= 15 is 0 Å². The quantitative estimate of drug-likeness (QED) is 0.924. The molecular weight excluding hydrogens is 288 g/mol. The van der Waals surface area contributed by atoms with Gasteiger partial charge in [0, 0.05) is 16.0 Å². The summed E-state index contributed by atoms with van der Waals surface area (Å²) >= 11 is 4.60. The Hall–Kier alpha value is -1.45. The highest BCUT2D eigenvalue weighted by atomic mass is 79.9. The van der Waals surface area contributed by atoms with Crippen molar-refractivity contribution in [2.45, 2.75) is 6.92 Å². The van der Waals surface area contributed by atoms with E-state index < -0.39 is 0 Å². The monoisotopic (exact) mass is 294 g/mol. The lowest BCUT2D eigenvalue weighted by Gasteiger charge is -2.05. The normalized spacial score (nSPS) is 9.81. The van der Waals surface area contributed by atoms with Crippen LogP contribution in [0.15, 0.2) is 22.7 Å². The van der Waals surface area contributed by atoms with Crippen LogP contribution in [0.2, 0.25) is 0 Å². The smallest absolute Gasteiger partial charge is 0.207 e. The predicted octanol–water partition coefficient (Wildman–Crippen LogP) is 3.22. The van der Waals surface area contributed by atoms with Gasteiger partial charge in [0.2, 0.25) is 5.13 Å². The highest BCUT2D eigenvalue weighted by Gasteiger charge is 2.07. The van der Waals surface area contributed by atoms with Crippen LogP contribution in [0.4, 0.5) is 10.8 Å². The average molecular weight is 295 g/mol. The predicted molar refractivity (Wildman–Crippen MR) is 66.8 cm³/mol. The molecule has 1 heterocycles. The van der Waals surface area contributed by atoms with Gasteiger partial charge < -0.3 is 5.32 Å². The molecule has 2 rings (SSSR count). The maximum absolute atomic E-state index is 9.03. The third-order valence-electron chi connectivity index (χ3n) is 1.89. The third-order valence-corrected chi connectivity index (χ3v) is 3.28. The van der Waals surface area contributed by atoms with Crippen molar-refractivity contribution in [2.75, 3.05) is 5.32 Å². The number of hydrogen-bond acceptors (Lipinski definition) is 5. The second-order valence-electron chi connectivity index (χ2n) is 3.05. The van der Waals surface area contributed by atoms with Crippen LogP contribution in [0, 0.1) is 18.3 Å². The summed E-state index contributed by atoms with van der Waals surface area (Å²) < 4.78 is 4.83. The molecule has 0 fully saturated rings. The van der Waals surface area contributed by atoms with Crippen LogP contribution in [0.25, 0.3) is 0 Å². The summed E-state index contributed by atoms with van der Waals surface area (Å²) in [4.78, 5) is 4.18. The first-order chi connectivity index (χ1) is 7.70. The number of aromatic nitrogens is 2. The number of benzene rings is 1. The number of nitrogens with one attached hydrogen (secondary N) is 1. The Bertz CT molecular complexity index is 558. The van der Waals surface area contributed by atoms with Crippen molar-refractivity contribution in [3.63, 3.8) is 0 Å². The molecule has 0 saturated heterocycles. The van der Waals surface area contributed by atoms with Gasteiger partial charge in [0.05, 0.1) is 11.3 Å². The van der Waals surface area contributed by atoms with E-state index in [9.17, 15) is 0 Å². The van der Waals surface area contributed by atoms with Gasteiger partial charge in [0.25, 0.3) is 0 Å². The van der Waals surface area contributed by atoms with Crippen molar-refractivity contribution in [1.82, 2.24) is 9.36 Å². The summed E-state index contributed by atoms with van der Waals surface area (Å²) in [5, 5.41) is 12.8. The lowest BCUT2D eigenvalue weighted by Crippen LogP contribution is -1.93. The van der Waals surface area contributed by atoms with E-state index in [2.05, 4.69) is 36.7 Å². The summed E-state index contributed by atoms with van der Waals surface area (Å²) in [5.74, 6) is 0.723. The molecule has 0 bridgehead atoms. The van der Waals surface area contributed by atoms with Crippen molar-refractivity contribution in [3.8, 4) is 6.07 Å². The minimum Gasteiger partial charge on any atom is -0.329 e. The van der Waals surface area contributed by atoms with Crippen LogP contribution < -0.4 is 5.32 Å². The molecule has 16 heavy (non-hydrogen) atoms. The fourth-order valence-electron chi connectivity index (χ4n) is 1.20. The van der Waals surface area contributed by atoms with Gasteiger partial charge in [-0.05, 0) is 35.0 Å². The molecule has 0 saturated carbocycles. The SMILES string of the molecule is Cc1nsc(Nc2cccc(Br)c2C#N)n1. The summed E-state index contributed by atoms with van der Waals surface area (Å²) in [6, 6.07) is 7.66. The van der Waals surface area contributed by atoms with Crippen molar-refractivity contribution >= 4 is 38.3 Å². The molecule has 1 aromatic carbocycles. The molecule has 0 atom stereocenters. The Morgan fingerprint density at radius 2 is 2.31 bits per heavy atom. The standard InChI is InChI=1S/C10H7BrN4S/c1-6-13-10(16-15-6)14-9-4-2-3-8(11)7(9)5-12/h2-4H,1H3,(H,13,14,15). The van der Waals surface area contributed by atoms with Gasteiger partial charge in [-0.25, -0.2) is 4.98 Å². The molecule has 0 amide bonds. The average Bonchev–Trinajstić information content (AvgIpc) is 2.64. The number of aryl methyl sites for hydroxylation is 1. The maximum atomic E-state index is 9.03. The second kappa shape index (κ2) is 4.60. The maximum Gasteiger partial charge on any atom is 0.207 e. The third kappa shape index (κ3) is 2.21. The van der Waals surface area contributed by atoms with Crippen LogP contribution >= 0.6 is 27.5 Å². The largest absolute Gasteiger partial charge is 0.329 e. The van der Waals surface area contributed by atoms with Gasteiger partial charge in [-0.15, -0.1) is 0 Å². The van der Waals surface area contributed by atoms with Crippen LogP contribution in [-0.2, 0) is 0 Å². The van der Waals surface area contributed by atoms with Gasteiger partial charge >= 0.3 is 0 Å². The first-order valence-corrected chi connectivity index (χ1v) is 6.03. The van der Waals surface area contributed by atoms with Crippen molar-refractivity contribution in [1.29, 1.82) is 5.26 Å². The molecule has 2 aromatic rings. The highest BCUT2D eigenvalue weighted by molar-refractivity contribution is 9.10. The number of nitrogens with zero attached hydrogens (tertiary/aromatic N) is 3. The fourth-order valence-corrected chi connectivity index (χ4v) is 2.25. The molecule has 0 aliphatic heterocycles. The number of rotatable bonds is 2. The van der Waals surface area contributed by atoms with Gasteiger partial charge in [0.1, 0.15) is 11.9 Å². The van der Waals surface area contributed by atoms with E-state index in [1.54, 1.807) is 0 Å². The Morgan fingerprint density at radius 3 is 2.94 bits per heavy atom. The molecule has 1 aromatic heterocycles. The molecule has 4 nitrogen and oxygen atoms in total. The van der Waals surface area contributed by atoms with E-state index in [0.29, 0.717) is 10.7 Å². The molecular formula is C10H7BrN4S. The minimum absolute atomic E-state index is 0.565. The van der Waals surface area contributed by atoms with Gasteiger partial charge in [-0.1, -0.05) is 6.07 Å². The Kier molecular flexibility index (Phi) is 3.17. The molecule has 1 N–H and O–H groups in total. The molecule has 80 valence electrons. The molecule has 0 aliphatic carbocycles.